The van der Waals surface area contributed by atoms with Gasteiger partial charge >= 0.3 is 5.97 Å². The van der Waals surface area contributed by atoms with Crippen LogP contribution in [0.1, 0.15) is 48.8 Å². The Balaban J connectivity index is 1.51. The molecule has 1 aliphatic carbocycles. The fourth-order valence-electron chi connectivity index (χ4n) is 3.77. The first-order valence-corrected chi connectivity index (χ1v) is 10.0. The standard InChI is InChI=1S/C22H26ClNO4/c23-18-5-1-4-17(11-18)21(25)13-24-19-6-2-3-16(12-19)15-7-9-20(10-8-15)28-14-22(26)27/h1,4-5,7-11,16,19,21,24-25H,2-3,6,12-14H2,(H,26,27). The first-order chi connectivity index (χ1) is 13.5. The van der Waals surface area contributed by atoms with Crippen LogP contribution in [0, 0.1) is 0 Å². The summed E-state index contributed by atoms with van der Waals surface area (Å²) in [6, 6.07) is 15.4. The maximum Gasteiger partial charge on any atom is 0.341 e. The second kappa shape index (κ2) is 9.92. The van der Waals surface area contributed by atoms with Crippen molar-refractivity contribution in [2.75, 3.05) is 13.2 Å². The Labute approximate surface area is 170 Å². The topological polar surface area (TPSA) is 78.8 Å². The number of hydrogen-bond donors (Lipinski definition) is 3. The molecule has 28 heavy (non-hydrogen) atoms. The lowest BCUT2D eigenvalue weighted by Crippen LogP contribution is -2.36. The summed E-state index contributed by atoms with van der Waals surface area (Å²) in [4.78, 5) is 10.6. The Kier molecular flexibility index (Phi) is 7.31. The molecule has 0 heterocycles. The molecule has 0 radical (unpaired) electrons. The van der Waals surface area contributed by atoms with Crippen LogP contribution in [0.3, 0.4) is 0 Å². The number of rotatable bonds is 8. The van der Waals surface area contributed by atoms with Crippen molar-refractivity contribution in [2.24, 2.45) is 0 Å². The highest BCUT2D eigenvalue weighted by Crippen LogP contribution is 2.34. The Bertz CT molecular complexity index is 780. The highest BCUT2D eigenvalue weighted by Gasteiger charge is 2.23. The molecule has 5 nitrogen and oxygen atoms in total. The SMILES string of the molecule is O=C(O)COc1ccc(C2CCCC(NCC(O)c3cccc(Cl)c3)C2)cc1. The molecule has 1 fully saturated rings. The smallest absolute Gasteiger partial charge is 0.341 e. The first-order valence-electron chi connectivity index (χ1n) is 9.62. The molecule has 0 spiro atoms. The number of carboxylic acids is 1. The van der Waals surface area contributed by atoms with Crippen LogP contribution in [-0.2, 0) is 4.79 Å². The largest absolute Gasteiger partial charge is 0.482 e. The molecule has 0 saturated heterocycles. The van der Waals surface area contributed by atoms with E-state index in [1.54, 1.807) is 12.1 Å². The molecule has 0 amide bonds. The second-order valence-electron chi connectivity index (χ2n) is 7.29. The predicted molar refractivity (Wildman–Crippen MR) is 109 cm³/mol. The van der Waals surface area contributed by atoms with Crippen LogP contribution < -0.4 is 10.1 Å². The van der Waals surface area contributed by atoms with Gasteiger partial charge in [-0.3, -0.25) is 0 Å². The molecule has 6 heteroatoms. The fourth-order valence-corrected chi connectivity index (χ4v) is 3.97. The van der Waals surface area contributed by atoms with Crippen molar-refractivity contribution >= 4 is 17.6 Å². The lowest BCUT2D eigenvalue weighted by atomic mass is 9.81. The number of aliphatic carboxylic acids is 1. The summed E-state index contributed by atoms with van der Waals surface area (Å²) in [6.07, 6.45) is 3.79. The number of benzene rings is 2. The average Bonchev–Trinajstić information content (AvgIpc) is 2.71. The van der Waals surface area contributed by atoms with Gasteiger partial charge in [-0.15, -0.1) is 0 Å². The lowest BCUT2D eigenvalue weighted by Gasteiger charge is -2.31. The normalized spacial score (nSPS) is 20.5. The molecule has 1 aliphatic rings. The van der Waals surface area contributed by atoms with Gasteiger partial charge in [-0.25, -0.2) is 4.79 Å². The van der Waals surface area contributed by atoms with E-state index in [9.17, 15) is 9.90 Å². The van der Waals surface area contributed by atoms with Crippen LogP contribution in [0.4, 0.5) is 0 Å². The van der Waals surface area contributed by atoms with Crippen LogP contribution in [0.15, 0.2) is 48.5 Å². The van der Waals surface area contributed by atoms with Crippen molar-refractivity contribution in [1.29, 1.82) is 0 Å². The van der Waals surface area contributed by atoms with E-state index in [1.807, 2.05) is 36.4 Å². The highest BCUT2D eigenvalue weighted by molar-refractivity contribution is 6.30. The fraction of sp³-hybridized carbons (Fsp3) is 0.409. The van der Waals surface area contributed by atoms with Gasteiger partial charge in [-0.05, 0) is 60.6 Å². The third kappa shape index (κ3) is 5.96. The van der Waals surface area contributed by atoms with Crippen molar-refractivity contribution in [3.05, 3.63) is 64.7 Å². The van der Waals surface area contributed by atoms with E-state index in [4.69, 9.17) is 21.4 Å². The van der Waals surface area contributed by atoms with Crippen LogP contribution in [0.5, 0.6) is 5.75 Å². The summed E-state index contributed by atoms with van der Waals surface area (Å²) < 4.78 is 5.20. The van der Waals surface area contributed by atoms with Gasteiger partial charge in [0, 0.05) is 17.6 Å². The predicted octanol–water partition coefficient (Wildman–Crippen LogP) is 4.15. The van der Waals surface area contributed by atoms with Crippen molar-refractivity contribution < 1.29 is 19.7 Å². The number of halogens is 1. The zero-order valence-electron chi connectivity index (χ0n) is 15.7. The molecular formula is C22H26ClNO4. The Hall–Kier alpha value is -2.08. The maximum absolute atomic E-state index is 10.6. The van der Waals surface area contributed by atoms with Gasteiger partial charge in [0.2, 0.25) is 0 Å². The van der Waals surface area contributed by atoms with Gasteiger partial charge in [0.25, 0.3) is 0 Å². The van der Waals surface area contributed by atoms with Crippen molar-refractivity contribution in [1.82, 2.24) is 5.32 Å². The zero-order valence-corrected chi connectivity index (χ0v) is 16.4. The Morgan fingerprint density at radius 1 is 1.21 bits per heavy atom. The molecule has 3 rings (SSSR count). The zero-order chi connectivity index (χ0) is 19.9. The van der Waals surface area contributed by atoms with Crippen molar-refractivity contribution in [3.8, 4) is 5.75 Å². The lowest BCUT2D eigenvalue weighted by molar-refractivity contribution is -0.139. The molecule has 0 aliphatic heterocycles. The van der Waals surface area contributed by atoms with Crippen LogP contribution in [0.25, 0.3) is 0 Å². The minimum absolute atomic E-state index is 0.330. The molecule has 0 bridgehead atoms. The van der Waals surface area contributed by atoms with Crippen molar-refractivity contribution in [2.45, 2.75) is 43.7 Å². The van der Waals surface area contributed by atoms with E-state index < -0.39 is 12.1 Å². The monoisotopic (exact) mass is 403 g/mol. The Morgan fingerprint density at radius 2 is 2.00 bits per heavy atom. The third-order valence-corrected chi connectivity index (χ3v) is 5.46. The third-order valence-electron chi connectivity index (χ3n) is 5.22. The molecular weight excluding hydrogens is 378 g/mol. The van der Waals surface area contributed by atoms with Gasteiger partial charge < -0.3 is 20.3 Å². The summed E-state index contributed by atoms with van der Waals surface area (Å²) in [5.74, 6) is 0.0367. The first kappa shape index (κ1) is 20.6. The molecule has 150 valence electrons. The number of hydrogen-bond acceptors (Lipinski definition) is 4. The van der Waals surface area contributed by atoms with Crippen LogP contribution >= 0.6 is 11.6 Å². The minimum atomic E-state index is -0.981. The quantitative estimate of drug-likeness (QED) is 0.617. The van der Waals surface area contributed by atoms with E-state index in [-0.39, 0.29) is 6.61 Å². The number of ether oxygens (including phenoxy) is 1. The second-order valence-corrected chi connectivity index (χ2v) is 7.73. The summed E-state index contributed by atoms with van der Waals surface area (Å²) in [6.45, 7) is 0.170. The van der Waals surface area contributed by atoms with E-state index in [0.29, 0.717) is 29.3 Å². The average molecular weight is 404 g/mol. The van der Waals surface area contributed by atoms with E-state index in [2.05, 4.69) is 5.32 Å². The van der Waals surface area contributed by atoms with Gasteiger partial charge in [-0.1, -0.05) is 42.3 Å². The van der Waals surface area contributed by atoms with Crippen molar-refractivity contribution in [3.63, 3.8) is 0 Å². The number of aliphatic hydroxyl groups is 1. The maximum atomic E-state index is 10.6. The number of nitrogens with one attached hydrogen (secondary N) is 1. The molecule has 0 aromatic heterocycles. The molecule has 3 unspecified atom stereocenters. The van der Waals surface area contributed by atoms with E-state index in [1.165, 1.54) is 5.56 Å². The summed E-state index contributed by atoms with van der Waals surface area (Å²) in [7, 11) is 0. The summed E-state index contributed by atoms with van der Waals surface area (Å²) >= 11 is 6.00. The van der Waals surface area contributed by atoms with Gasteiger partial charge in [-0.2, -0.15) is 0 Å². The van der Waals surface area contributed by atoms with Gasteiger partial charge in [0.1, 0.15) is 5.75 Å². The van der Waals surface area contributed by atoms with E-state index in [0.717, 1.165) is 31.2 Å². The Morgan fingerprint density at radius 3 is 2.71 bits per heavy atom. The summed E-state index contributed by atoms with van der Waals surface area (Å²) in [5, 5.41) is 23.2. The van der Waals surface area contributed by atoms with Crippen LogP contribution in [0.2, 0.25) is 5.02 Å². The molecule has 1 saturated carbocycles. The summed E-state index contributed by atoms with van der Waals surface area (Å²) in [5.41, 5.74) is 2.06. The number of carbonyl (C=O) groups is 1. The van der Waals surface area contributed by atoms with Gasteiger partial charge in [0.15, 0.2) is 6.61 Å². The van der Waals surface area contributed by atoms with Gasteiger partial charge in [0.05, 0.1) is 6.10 Å². The molecule has 2 aromatic rings. The minimum Gasteiger partial charge on any atom is -0.482 e. The molecule has 2 aromatic carbocycles. The number of aliphatic hydroxyl groups excluding tert-OH is 1. The van der Waals surface area contributed by atoms with E-state index >= 15 is 0 Å². The highest BCUT2D eigenvalue weighted by atomic mass is 35.5. The molecule has 3 N–H and O–H groups in total. The molecule has 3 atom stereocenters. The number of carboxylic acid groups (broad SMARTS) is 1. The van der Waals surface area contributed by atoms with Crippen LogP contribution in [-0.4, -0.2) is 35.4 Å².